The van der Waals surface area contributed by atoms with Crippen LogP contribution in [0.25, 0.3) is 16.8 Å². The number of amides is 3. The first kappa shape index (κ1) is 30.2. The Kier molecular flexibility index (Phi) is 8.79. The van der Waals surface area contributed by atoms with Gasteiger partial charge in [0.15, 0.2) is 11.5 Å². The van der Waals surface area contributed by atoms with Crippen molar-refractivity contribution >= 4 is 67.3 Å². The topological polar surface area (TPSA) is 84.9 Å². The Balaban J connectivity index is 1.29. The van der Waals surface area contributed by atoms with Crippen LogP contribution < -0.4 is 14.8 Å². The number of carbonyl (C=O) groups excluding carboxylic acids is 3. The number of rotatable bonds is 8. The Labute approximate surface area is 256 Å². The number of nitrogens with zero attached hydrogens (tertiary/aromatic N) is 1. The Hall–Kier alpha value is -4.29. The van der Waals surface area contributed by atoms with Crippen molar-refractivity contribution in [1.82, 2.24) is 4.90 Å². The largest absolute Gasteiger partial charge is 0.493 e. The number of halogens is 4. The van der Waals surface area contributed by atoms with Gasteiger partial charge in [-0.05, 0) is 86.0 Å². The van der Waals surface area contributed by atoms with Gasteiger partial charge in [0.05, 0.1) is 22.1 Å². The smallest absolute Gasteiger partial charge is 0.416 e. The van der Waals surface area contributed by atoms with Crippen LogP contribution in [0.1, 0.15) is 16.7 Å². The highest BCUT2D eigenvalue weighted by molar-refractivity contribution is 9.10. The minimum atomic E-state index is -4.59. The fourth-order valence-electron chi connectivity index (χ4n) is 4.44. The molecule has 7 nitrogen and oxygen atoms in total. The molecule has 1 heterocycles. The van der Waals surface area contributed by atoms with E-state index in [9.17, 15) is 27.6 Å². The van der Waals surface area contributed by atoms with E-state index in [1.807, 2.05) is 42.5 Å². The Morgan fingerprint density at radius 3 is 2.53 bits per heavy atom. The maximum atomic E-state index is 13.0. The molecule has 1 fully saturated rings. The van der Waals surface area contributed by atoms with Crippen LogP contribution in [0, 0.1) is 0 Å². The van der Waals surface area contributed by atoms with Crippen LogP contribution in [0.5, 0.6) is 11.5 Å². The maximum Gasteiger partial charge on any atom is 0.416 e. The summed E-state index contributed by atoms with van der Waals surface area (Å²) in [6.07, 6.45) is -3.10. The van der Waals surface area contributed by atoms with E-state index >= 15 is 0 Å². The van der Waals surface area contributed by atoms with Gasteiger partial charge in [0.2, 0.25) is 5.91 Å². The molecular formula is C31H22BrF3N2O5S. The molecule has 0 unspecified atom stereocenters. The van der Waals surface area contributed by atoms with Gasteiger partial charge < -0.3 is 14.8 Å². The van der Waals surface area contributed by atoms with Crippen LogP contribution in [-0.2, 0) is 22.4 Å². The van der Waals surface area contributed by atoms with Crippen LogP contribution in [0.15, 0.2) is 88.2 Å². The minimum absolute atomic E-state index is 0.0650. The van der Waals surface area contributed by atoms with Gasteiger partial charge in [0.25, 0.3) is 11.1 Å². The van der Waals surface area contributed by atoms with E-state index < -0.39 is 35.3 Å². The summed E-state index contributed by atoms with van der Waals surface area (Å²) >= 11 is 4.15. The number of methoxy groups -OCH3 is 1. The highest BCUT2D eigenvalue weighted by atomic mass is 79.9. The number of imide groups is 1. The lowest BCUT2D eigenvalue weighted by Gasteiger charge is -2.15. The average molecular weight is 671 g/mol. The van der Waals surface area contributed by atoms with Crippen LogP contribution in [0.3, 0.4) is 0 Å². The Bertz CT molecular complexity index is 1770. The van der Waals surface area contributed by atoms with Gasteiger partial charge in [-0.3, -0.25) is 19.3 Å². The molecule has 0 aliphatic carbocycles. The molecule has 0 bridgehead atoms. The first-order valence-corrected chi connectivity index (χ1v) is 14.3. The second-order valence-corrected chi connectivity index (χ2v) is 11.2. The zero-order valence-corrected chi connectivity index (χ0v) is 24.8. The van der Waals surface area contributed by atoms with Gasteiger partial charge in [-0.1, -0.05) is 48.5 Å². The monoisotopic (exact) mass is 670 g/mol. The highest BCUT2D eigenvalue weighted by Crippen LogP contribution is 2.40. The van der Waals surface area contributed by atoms with Crippen LogP contribution in [-0.4, -0.2) is 35.6 Å². The summed E-state index contributed by atoms with van der Waals surface area (Å²) in [5.74, 6) is -0.687. The number of benzene rings is 4. The standard InChI is InChI=1S/C31H22BrF3N2O5S/c1-41-25-13-18(12-24(32)28(25)42-17-20-8-4-7-19-6-2-3-11-23(19)20)14-26-29(39)37(30(40)43-26)16-27(38)36-22-10-5-9-21(15-22)31(33,34)35/h2-15H,16-17H2,1H3,(H,36,38)/b26-14-. The zero-order valence-electron chi connectivity index (χ0n) is 22.4. The third-order valence-corrected chi connectivity index (χ3v) is 7.95. The summed E-state index contributed by atoms with van der Waals surface area (Å²) in [6.45, 7) is -0.386. The lowest BCUT2D eigenvalue weighted by molar-refractivity contribution is -0.137. The molecule has 4 aromatic rings. The number of alkyl halides is 3. The molecule has 220 valence electrons. The lowest BCUT2D eigenvalue weighted by Crippen LogP contribution is -2.36. The van der Waals surface area contributed by atoms with Crippen molar-refractivity contribution in [2.45, 2.75) is 12.8 Å². The molecule has 0 radical (unpaired) electrons. The van der Waals surface area contributed by atoms with Gasteiger partial charge in [0, 0.05) is 5.69 Å². The average Bonchev–Trinajstić information content (AvgIpc) is 3.23. The molecule has 1 aliphatic heterocycles. The number of hydrogen-bond donors (Lipinski definition) is 1. The van der Waals surface area contributed by atoms with Gasteiger partial charge in [-0.15, -0.1) is 0 Å². The van der Waals surface area contributed by atoms with E-state index in [1.54, 1.807) is 12.1 Å². The molecule has 0 atom stereocenters. The van der Waals surface area contributed by atoms with Gasteiger partial charge in [-0.2, -0.15) is 13.2 Å². The summed E-state index contributed by atoms with van der Waals surface area (Å²) in [6, 6.07) is 21.3. The molecule has 5 rings (SSSR count). The predicted octanol–water partition coefficient (Wildman–Crippen LogP) is 7.88. The SMILES string of the molecule is COc1cc(/C=C2\SC(=O)N(CC(=O)Nc3cccc(C(F)(F)F)c3)C2=O)cc(Br)c1OCc1cccc2ccccc12. The second-order valence-electron chi connectivity index (χ2n) is 9.36. The number of anilines is 1. The second kappa shape index (κ2) is 12.5. The molecule has 1 aliphatic rings. The summed E-state index contributed by atoms with van der Waals surface area (Å²) in [7, 11) is 1.48. The molecule has 0 saturated carbocycles. The molecule has 0 aromatic heterocycles. The van der Waals surface area contributed by atoms with E-state index in [1.165, 1.54) is 19.3 Å². The van der Waals surface area contributed by atoms with Crippen molar-refractivity contribution in [3.63, 3.8) is 0 Å². The Morgan fingerprint density at radius 2 is 1.77 bits per heavy atom. The maximum absolute atomic E-state index is 13.0. The normalized spacial score (nSPS) is 14.4. The van der Waals surface area contributed by atoms with Crippen LogP contribution >= 0.6 is 27.7 Å². The third kappa shape index (κ3) is 6.86. The van der Waals surface area contributed by atoms with E-state index in [-0.39, 0.29) is 17.2 Å². The van der Waals surface area contributed by atoms with E-state index in [0.717, 1.165) is 39.4 Å². The number of carbonyl (C=O) groups is 3. The molecule has 12 heteroatoms. The number of thioether (sulfide) groups is 1. The molecule has 43 heavy (non-hydrogen) atoms. The fraction of sp³-hybridized carbons (Fsp3) is 0.129. The van der Waals surface area contributed by atoms with Crippen molar-refractivity contribution < 1.29 is 37.0 Å². The fourth-order valence-corrected chi connectivity index (χ4v) is 5.85. The quantitative estimate of drug-likeness (QED) is 0.192. The first-order valence-electron chi connectivity index (χ1n) is 12.7. The van der Waals surface area contributed by atoms with Crippen LogP contribution in [0.2, 0.25) is 0 Å². The van der Waals surface area contributed by atoms with Crippen molar-refractivity contribution in [2.75, 3.05) is 19.0 Å². The highest BCUT2D eigenvalue weighted by Gasteiger charge is 2.36. The molecule has 0 spiro atoms. The predicted molar refractivity (Wildman–Crippen MR) is 162 cm³/mol. The number of fused-ring (bicyclic) bond motifs is 1. The molecule has 4 aromatic carbocycles. The van der Waals surface area contributed by atoms with E-state index in [0.29, 0.717) is 33.3 Å². The zero-order chi connectivity index (χ0) is 30.7. The minimum Gasteiger partial charge on any atom is -0.493 e. The van der Waals surface area contributed by atoms with Gasteiger partial charge in [0.1, 0.15) is 13.2 Å². The van der Waals surface area contributed by atoms with Crippen molar-refractivity contribution in [3.8, 4) is 11.5 Å². The molecular weight excluding hydrogens is 649 g/mol. The van der Waals surface area contributed by atoms with Crippen molar-refractivity contribution in [3.05, 3.63) is 105 Å². The molecule has 1 N–H and O–H groups in total. The van der Waals surface area contributed by atoms with E-state index in [4.69, 9.17) is 9.47 Å². The number of hydrogen-bond acceptors (Lipinski definition) is 6. The number of nitrogens with one attached hydrogen (secondary N) is 1. The van der Waals surface area contributed by atoms with Gasteiger partial charge >= 0.3 is 6.18 Å². The number of ether oxygens (including phenoxy) is 2. The molecule has 1 saturated heterocycles. The van der Waals surface area contributed by atoms with Crippen LogP contribution in [0.4, 0.5) is 23.7 Å². The third-order valence-electron chi connectivity index (χ3n) is 6.45. The summed E-state index contributed by atoms with van der Waals surface area (Å²) in [5, 5.41) is 3.77. The summed E-state index contributed by atoms with van der Waals surface area (Å²) in [5.41, 5.74) is 0.468. The van der Waals surface area contributed by atoms with Crippen molar-refractivity contribution in [2.24, 2.45) is 0 Å². The first-order chi connectivity index (χ1) is 20.5. The summed E-state index contributed by atoms with van der Waals surface area (Å²) in [4.78, 5) is 38.8. The summed E-state index contributed by atoms with van der Waals surface area (Å²) < 4.78 is 51.1. The lowest BCUT2D eigenvalue weighted by atomic mass is 10.1. The molecule has 3 amide bonds. The van der Waals surface area contributed by atoms with Gasteiger partial charge in [-0.25, -0.2) is 0 Å². The van der Waals surface area contributed by atoms with Crippen molar-refractivity contribution in [1.29, 1.82) is 0 Å². The van der Waals surface area contributed by atoms with E-state index in [2.05, 4.69) is 21.2 Å². The Morgan fingerprint density at radius 1 is 1.02 bits per heavy atom.